The Balaban J connectivity index is 1.41. The molecule has 1 aromatic heterocycles. The molecule has 8 heteroatoms. The van der Waals surface area contributed by atoms with Crippen LogP contribution in [0.15, 0.2) is 28.9 Å². The number of aromatic nitrogens is 1. The first-order valence-electron chi connectivity index (χ1n) is 9.60. The largest absolute Gasteiger partial charge is 0.447 e. The minimum Gasteiger partial charge on any atom is -0.447 e. The highest BCUT2D eigenvalue weighted by molar-refractivity contribution is 6.42. The summed E-state index contributed by atoms with van der Waals surface area (Å²) < 4.78 is 5.63. The number of hydrogen-bond donors (Lipinski definition) is 0. The van der Waals surface area contributed by atoms with E-state index >= 15 is 0 Å². The van der Waals surface area contributed by atoms with Gasteiger partial charge in [-0.2, -0.15) is 0 Å². The van der Waals surface area contributed by atoms with E-state index in [2.05, 4.69) is 21.8 Å². The molecule has 0 radical (unpaired) electrons. The van der Waals surface area contributed by atoms with E-state index in [0.29, 0.717) is 34.2 Å². The van der Waals surface area contributed by atoms with Gasteiger partial charge in [0.2, 0.25) is 5.89 Å². The molecule has 2 heterocycles. The molecule has 1 amide bonds. The maximum Gasteiger partial charge on any atom is 0.275 e. The Bertz CT molecular complexity index is 844. The summed E-state index contributed by atoms with van der Waals surface area (Å²) in [5, 5.41) is 1.12. The summed E-state index contributed by atoms with van der Waals surface area (Å²) in [4.78, 5) is 23.5. The van der Waals surface area contributed by atoms with Crippen molar-refractivity contribution in [2.45, 2.75) is 32.0 Å². The van der Waals surface area contributed by atoms with Crippen LogP contribution in [0.2, 0.25) is 10.0 Å². The standard InChI is InChI=1S/C20H24Cl2N4O2/c1-24-6-8-25(9-7-24)20(27)18-13-28-19(23-18)12-26(15-3-4-15)11-14-2-5-16(21)17(22)10-14/h2,5,10,13,15H,3-4,6-9,11-12H2,1H3. The van der Waals surface area contributed by atoms with Crippen molar-refractivity contribution in [2.75, 3.05) is 33.2 Å². The van der Waals surface area contributed by atoms with E-state index in [9.17, 15) is 4.79 Å². The first kappa shape index (κ1) is 19.7. The van der Waals surface area contributed by atoms with Crippen molar-refractivity contribution in [3.05, 3.63) is 51.7 Å². The molecule has 1 saturated heterocycles. The Labute approximate surface area is 175 Å². The third-order valence-corrected chi connectivity index (χ3v) is 6.07. The summed E-state index contributed by atoms with van der Waals surface area (Å²) in [6, 6.07) is 6.22. The molecule has 150 valence electrons. The number of halogens is 2. The van der Waals surface area contributed by atoms with Crippen LogP contribution in [0.25, 0.3) is 0 Å². The SMILES string of the molecule is CN1CCN(C(=O)c2coc(CN(Cc3ccc(Cl)c(Cl)c3)C3CC3)n2)CC1. The lowest BCUT2D eigenvalue weighted by Gasteiger charge is -2.31. The summed E-state index contributed by atoms with van der Waals surface area (Å²) in [5.74, 6) is 0.523. The molecule has 1 aliphatic heterocycles. The molecular weight excluding hydrogens is 399 g/mol. The number of carbonyl (C=O) groups excluding carboxylic acids is 1. The van der Waals surface area contributed by atoms with Crippen molar-refractivity contribution >= 4 is 29.1 Å². The van der Waals surface area contributed by atoms with Crippen LogP contribution in [0.3, 0.4) is 0 Å². The van der Waals surface area contributed by atoms with E-state index in [-0.39, 0.29) is 5.91 Å². The molecule has 2 fully saturated rings. The molecule has 0 spiro atoms. The number of benzene rings is 1. The summed E-state index contributed by atoms with van der Waals surface area (Å²) in [7, 11) is 2.07. The average molecular weight is 423 g/mol. The maximum absolute atomic E-state index is 12.7. The molecule has 0 atom stereocenters. The predicted molar refractivity (Wildman–Crippen MR) is 109 cm³/mol. The van der Waals surface area contributed by atoms with Gasteiger partial charge in [-0.25, -0.2) is 4.98 Å². The van der Waals surface area contributed by atoms with Gasteiger partial charge in [-0.15, -0.1) is 0 Å². The molecular formula is C20H24Cl2N4O2. The summed E-state index contributed by atoms with van der Waals surface area (Å²) in [5.41, 5.74) is 1.49. The molecule has 1 saturated carbocycles. The average Bonchev–Trinajstić information content (AvgIpc) is 3.43. The Morgan fingerprint density at radius 3 is 2.61 bits per heavy atom. The van der Waals surface area contributed by atoms with Gasteiger partial charge in [-0.1, -0.05) is 29.3 Å². The number of carbonyl (C=O) groups is 1. The van der Waals surface area contributed by atoms with E-state index in [0.717, 1.165) is 51.1 Å². The summed E-state index contributed by atoms with van der Waals surface area (Å²) in [6.45, 7) is 4.53. The molecule has 2 aromatic rings. The number of piperazine rings is 1. The van der Waals surface area contributed by atoms with Crippen LogP contribution in [-0.2, 0) is 13.1 Å². The van der Waals surface area contributed by atoms with Gasteiger partial charge in [0, 0.05) is 38.8 Å². The number of hydrogen-bond acceptors (Lipinski definition) is 5. The van der Waals surface area contributed by atoms with Crippen molar-refractivity contribution in [1.82, 2.24) is 19.7 Å². The van der Waals surface area contributed by atoms with Crippen molar-refractivity contribution < 1.29 is 9.21 Å². The second-order valence-electron chi connectivity index (χ2n) is 7.61. The van der Waals surface area contributed by atoms with E-state index in [1.165, 1.54) is 6.26 Å². The topological polar surface area (TPSA) is 52.8 Å². The van der Waals surface area contributed by atoms with E-state index in [4.69, 9.17) is 27.6 Å². The monoisotopic (exact) mass is 422 g/mol. The third kappa shape index (κ3) is 4.69. The van der Waals surface area contributed by atoms with E-state index < -0.39 is 0 Å². The minimum atomic E-state index is -0.0504. The quantitative estimate of drug-likeness (QED) is 0.712. The van der Waals surface area contributed by atoms with Gasteiger partial charge >= 0.3 is 0 Å². The zero-order valence-electron chi connectivity index (χ0n) is 15.9. The van der Waals surface area contributed by atoms with Crippen LogP contribution in [0.5, 0.6) is 0 Å². The number of amides is 1. The smallest absolute Gasteiger partial charge is 0.275 e. The molecule has 1 aromatic carbocycles. The molecule has 28 heavy (non-hydrogen) atoms. The zero-order chi connectivity index (χ0) is 19.7. The number of nitrogens with zero attached hydrogens (tertiary/aromatic N) is 4. The van der Waals surface area contributed by atoms with Gasteiger partial charge in [0.1, 0.15) is 6.26 Å². The van der Waals surface area contributed by atoms with Gasteiger partial charge in [0.15, 0.2) is 5.69 Å². The van der Waals surface area contributed by atoms with Gasteiger partial charge < -0.3 is 14.2 Å². The van der Waals surface area contributed by atoms with Crippen LogP contribution in [0.1, 0.15) is 34.8 Å². The third-order valence-electron chi connectivity index (χ3n) is 5.33. The maximum atomic E-state index is 12.7. The van der Waals surface area contributed by atoms with Crippen molar-refractivity contribution in [1.29, 1.82) is 0 Å². The highest BCUT2D eigenvalue weighted by Gasteiger charge is 2.31. The first-order chi connectivity index (χ1) is 13.5. The molecule has 0 bridgehead atoms. The lowest BCUT2D eigenvalue weighted by molar-refractivity contribution is 0.0658. The lowest BCUT2D eigenvalue weighted by atomic mass is 10.2. The van der Waals surface area contributed by atoms with Gasteiger partial charge in [0.25, 0.3) is 5.91 Å². The van der Waals surface area contributed by atoms with Crippen molar-refractivity contribution in [3.63, 3.8) is 0 Å². The van der Waals surface area contributed by atoms with Crippen LogP contribution in [-0.4, -0.2) is 64.9 Å². The normalized spacial score (nSPS) is 18.1. The Morgan fingerprint density at radius 2 is 1.93 bits per heavy atom. The molecule has 4 rings (SSSR count). The molecule has 0 N–H and O–H groups in total. The molecule has 2 aliphatic rings. The second-order valence-corrected chi connectivity index (χ2v) is 8.42. The lowest BCUT2D eigenvalue weighted by Crippen LogP contribution is -2.47. The summed E-state index contributed by atoms with van der Waals surface area (Å²) in [6.07, 6.45) is 3.81. The van der Waals surface area contributed by atoms with E-state index in [1.807, 2.05) is 23.1 Å². The fraction of sp³-hybridized carbons (Fsp3) is 0.500. The Morgan fingerprint density at radius 1 is 1.18 bits per heavy atom. The van der Waals surface area contributed by atoms with Gasteiger partial charge in [0.05, 0.1) is 16.6 Å². The van der Waals surface area contributed by atoms with Crippen LogP contribution < -0.4 is 0 Å². The Hall–Kier alpha value is -1.60. The van der Waals surface area contributed by atoms with Crippen LogP contribution >= 0.6 is 23.2 Å². The highest BCUT2D eigenvalue weighted by Crippen LogP contribution is 2.31. The van der Waals surface area contributed by atoms with Gasteiger partial charge in [-0.3, -0.25) is 9.69 Å². The number of oxazole rings is 1. The van der Waals surface area contributed by atoms with Crippen LogP contribution in [0, 0.1) is 0 Å². The molecule has 0 unspecified atom stereocenters. The van der Waals surface area contributed by atoms with Crippen LogP contribution in [0.4, 0.5) is 0 Å². The highest BCUT2D eigenvalue weighted by atomic mass is 35.5. The van der Waals surface area contributed by atoms with E-state index in [1.54, 1.807) is 0 Å². The number of likely N-dealkylation sites (N-methyl/N-ethyl adjacent to an activating group) is 1. The zero-order valence-corrected chi connectivity index (χ0v) is 17.4. The molecule has 1 aliphatic carbocycles. The fourth-order valence-electron chi connectivity index (χ4n) is 3.45. The van der Waals surface area contributed by atoms with Crippen molar-refractivity contribution in [3.8, 4) is 0 Å². The fourth-order valence-corrected chi connectivity index (χ4v) is 3.77. The number of rotatable bonds is 6. The Kier molecular flexibility index (Phi) is 5.92. The molecule has 6 nitrogen and oxygen atoms in total. The van der Waals surface area contributed by atoms with Crippen molar-refractivity contribution in [2.24, 2.45) is 0 Å². The second kappa shape index (κ2) is 8.41. The van der Waals surface area contributed by atoms with Gasteiger partial charge in [-0.05, 0) is 37.6 Å². The minimum absolute atomic E-state index is 0.0504. The predicted octanol–water partition coefficient (Wildman–Crippen LogP) is 3.53. The summed E-state index contributed by atoms with van der Waals surface area (Å²) >= 11 is 12.2. The first-order valence-corrected chi connectivity index (χ1v) is 10.4.